The van der Waals surface area contributed by atoms with E-state index in [1.807, 2.05) is 38.1 Å². The lowest BCUT2D eigenvalue weighted by Gasteiger charge is -2.34. The molecule has 2 aliphatic rings. The Kier molecular flexibility index (Phi) is 3.01. The molecule has 27 heavy (non-hydrogen) atoms. The number of aromatic nitrogens is 3. The van der Waals surface area contributed by atoms with Gasteiger partial charge in [-0.15, -0.1) is 0 Å². The highest BCUT2D eigenvalue weighted by molar-refractivity contribution is 6.58. The lowest BCUT2D eigenvalue weighted by atomic mass is 9.83. The second kappa shape index (κ2) is 5.03. The van der Waals surface area contributed by atoms with Crippen molar-refractivity contribution in [3.05, 3.63) is 64.1 Å². The molecule has 4 heterocycles. The first-order valence-electron chi connectivity index (χ1n) is 8.81. The van der Waals surface area contributed by atoms with Crippen molar-refractivity contribution in [2.45, 2.75) is 27.7 Å². The van der Waals surface area contributed by atoms with Crippen LogP contribution < -0.4 is 0 Å². The largest absolute Gasteiger partial charge is 0.737 e. The monoisotopic (exact) mass is 366 g/mol. The number of allylic oxidation sites excluding steroid dienone is 2. The van der Waals surface area contributed by atoms with Gasteiger partial charge in [0.1, 0.15) is 16.7 Å². The normalized spacial score (nSPS) is 18.2. The van der Waals surface area contributed by atoms with Crippen LogP contribution in [-0.4, -0.2) is 32.0 Å². The van der Waals surface area contributed by atoms with Crippen LogP contribution in [0.4, 0.5) is 8.63 Å². The van der Waals surface area contributed by atoms with Crippen LogP contribution in [0.15, 0.2) is 46.2 Å². The van der Waals surface area contributed by atoms with Crippen molar-refractivity contribution in [2.24, 2.45) is 0 Å². The van der Waals surface area contributed by atoms with Gasteiger partial charge >= 0.3 is 6.97 Å². The Hall–Kier alpha value is -3.03. The summed E-state index contributed by atoms with van der Waals surface area (Å²) in [6, 6.07) is 7.34. The van der Waals surface area contributed by atoms with E-state index in [0.717, 1.165) is 22.3 Å². The highest BCUT2D eigenvalue weighted by atomic mass is 19.2. The molecule has 0 spiro atoms. The van der Waals surface area contributed by atoms with Gasteiger partial charge in [-0.05, 0) is 54.5 Å². The summed E-state index contributed by atoms with van der Waals surface area (Å²) in [4.78, 5) is 0. The summed E-state index contributed by atoms with van der Waals surface area (Å²) in [7, 11) is 0. The van der Waals surface area contributed by atoms with Gasteiger partial charge in [0.2, 0.25) is 0 Å². The molecule has 2 aliphatic heterocycles. The quantitative estimate of drug-likeness (QED) is 0.610. The molecule has 0 bridgehead atoms. The van der Waals surface area contributed by atoms with Gasteiger partial charge in [0.15, 0.2) is 5.70 Å². The van der Waals surface area contributed by atoms with Crippen LogP contribution in [-0.2, 0) is 0 Å². The van der Waals surface area contributed by atoms with E-state index in [2.05, 4.69) is 10.3 Å². The van der Waals surface area contributed by atoms with Gasteiger partial charge in [0.25, 0.3) is 0 Å². The molecule has 2 aromatic heterocycles. The fourth-order valence-corrected chi connectivity index (χ4v) is 4.56. The Morgan fingerprint density at radius 2 is 1.89 bits per heavy atom. The topological polar surface area (TPSA) is 46.9 Å². The number of hydrogen-bond acceptors (Lipinski definition) is 3. The van der Waals surface area contributed by atoms with Crippen molar-refractivity contribution in [3.63, 3.8) is 0 Å². The Morgan fingerprint density at radius 3 is 2.67 bits per heavy atom. The smallest absolute Gasteiger partial charge is 0.393 e. The molecule has 0 unspecified atom stereocenters. The van der Waals surface area contributed by atoms with Gasteiger partial charge in [-0.1, -0.05) is 12.1 Å². The Bertz CT molecular complexity index is 1250. The molecular weight excluding hydrogens is 349 g/mol. The Morgan fingerprint density at radius 1 is 1.11 bits per heavy atom. The van der Waals surface area contributed by atoms with Crippen molar-refractivity contribution in [1.82, 2.24) is 14.8 Å². The van der Waals surface area contributed by atoms with E-state index in [1.54, 1.807) is 19.9 Å². The standard InChI is InChI=1S/C19H17BF2N4O/c1-10-8-12(3)25-18(10)16(14-6-5-7-15-17(14)24-27-23-15)19-11(2)9-13(4)26(19)20(25,21)22/h5-9H,1-4H3. The zero-order valence-corrected chi connectivity index (χ0v) is 15.4. The van der Waals surface area contributed by atoms with Crippen molar-refractivity contribution >= 4 is 29.3 Å². The summed E-state index contributed by atoms with van der Waals surface area (Å²) in [6.07, 6.45) is 1.81. The van der Waals surface area contributed by atoms with E-state index in [1.165, 1.54) is 8.96 Å². The molecule has 0 N–H and O–H groups in total. The predicted molar refractivity (Wildman–Crippen MR) is 99.8 cm³/mol. The number of hydrogen-bond donors (Lipinski definition) is 0. The summed E-state index contributed by atoms with van der Waals surface area (Å²) in [5.41, 5.74) is 6.39. The molecule has 8 heteroatoms. The summed E-state index contributed by atoms with van der Waals surface area (Å²) in [5, 5.41) is 7.95. The molecule has 136 valence electrons. The molecule has 0 fully saturated rings. The molecule has 0 saturated heterocycles. The highest BCUT2D eigenvalue weighted by Gasteiger charge is 2.55. The molecular formula is C19H17BF2N4O. The minimum Gasteiger partial charge on any atom is -0.393 e. The van der Waals surface area contributed by atoms with Crippen LogP contribution in [0.5, 0.6) is 0 Å². The van der Waals surface area contributed by atoms with E-state index >= 15 is 8.63 Å². The lowest BCUT2D eigenvalue weighted by molar-refractivity contribution is -0.363. The van der Waals surface area contributed by atoms with Gasteiger partial charge < -0.3 is 17.6 Å². The molecule has 0 aliphatic carbocycles. The molecule has 0 radical (unpaired) electrons. The number of benzene rings is 1. The van der Waals surface area contributed by atoms with Crippen LogP contribution in [0.1, 0.15) is 36.4 Å². The maximum Gasteiger partial charge on any atom is 0.737 e. The first-order valence-corrected chi connectivity index (χ1v) is 8.81. The SMILES string of the molecule is CC1=CC(C)=[N+]2C1=C(c1cccc3nonc13)c1c(C)cc(C)n1[B-]2(F)F. The van der Waals surface area contributed by atoms with Crippen LogP contribution in [0.3, 0.4) is 0 Å². The minimum absolute atomic E-state index is 0.529. The number of rotatable bonds is 1. The van der Waals surface area contributed by atoms with Crippen LogP contribution in [0.2, 0.25) is 0 Å². The van der Waals surface area contributed by atoms with E-state index in [0.29, 0.717) is 33.8 Å². The third kappa shape index (κ3) is 1.90. The molecule has 0 saturated carbocycles. The minimum atomic E-state index is -3.99. The summed E-state index contributed by atoms with van der Waals surface area (Å²) in [5.74, 6) is 0. The first-order chi connectivity index (χ1) is 12.8. The molecule has 1 aromatic carbocycles. The number of nitrogens with zero attached hydrogens (tertiary/aromatic N) is 4. The predicted octanol–water partition coefficient (Wildman–Crippen LogP) is 4.07. The number of halogens is 2. The zero-order chi connectivity index (χ0) is 19.1. The molecule has 5 nitrogen and oxygen atoms in total. The van der Waals surface area contributed by atoms with E-state index < -0.39 is 6.97 Å². The Labute approximate surface area is 154 Å². The second-order valence-electron chi connectivity index (χ2n) is 7.28. The molecule has 5 rings (SSSR count). The second-order valence-corrected chi connectivity index (χ2v) is 7.28. The number of aryl methyl sites for hydroxylation is 2. The number of fused-ring (bicyclic) bond motifs is 3. The fraction of sp³-hybridized carbons (Fsp3) is 0.211. The van der Waals surface area contributed by atoms with E-state index in [9.17, 15) is 0 Å². The van der Waals surface area contributed by atoms with Gasteiger partial charge in [0.05, 0.1) is 5.57 Å². The van der Waals surface area contributed by atoms with Crippen molar-refractivity contribution in [1.29, 1.82) is 0 Å². The van der Waals surface area contributed by atoms with E-state index in [-0.39, 0.29) is 0 Å². The summed E-state index contributed by atoms with van der Waals surface area (Å²) in [6.45, 7) is 3.19. The maximum atomic E-state index is 15.6. The molecule has 3 aromatic rings. The van der Waals surface area contributed by atoms with Crippen molar-refractivity contribution in [2.75, 3.05) is 0 Å². The zero-order valence-electron chi connectivity index (χ0n) is 15.4. The van der Waals surface area contributed by atoms with Crippen molar-refractivity contribution in [3.8, 4) is 0 Å². The van der Waals surface area contributed by atoms with Crippen LogP contribution in [0.25, 0.3) is 16.6 Å². The molecule has 0 atom stereocenters. The van der Waals surface area contributed by atoms with Gasteiger partial charge in [-0.25, -0.2) is 4.63 Å². The third-order valence-electron chi connectivity index (χ3n) is 5.49. The van der Waals surface area contributed by atoms with Gasteiger partial charge in [0, 0.05) is 29.8 Å². The third-order valence-corrected chi connectivity index (χ3v) is 5.49. The maximum absolute atomic E-state index is 15.6. The molecule has 0 amide bonds. The average molecular weight is 366 g/mol. The lowest BCUT2D eigenvalue weighted by Crippen LogP contribution is -2.51. The first kappa shape index (κ1) is 16.2. The average Bonchev–Trinajstić information content (AvgIpc) is 3.26. The summed E-state index contributed by atoms with van der Waals surface area (Å²) < 4.78 is 38.5. The van der Waals surface area contributed by atoms with Crippen LogP contribution >= 0.6 is 0 Å². The highest BCUT2D eigenvalue weighted by Crippen LogP contribution is 2.45. The van der Waals surface area contributed by atoms with Gasteiger partial charge in [-0.2, -0.15) is 0 Å². The summed E-state index contributed by atoms with van der Waals surface area (Å²) >= 11 is 0. The Balaban J connectivity index is 2.00. The van der Waals surface area contributed by atoms with Crippen molar-refractivity contribution < 1.29 is 17.7 Å². The fourth-order valence-electron chi connectivity index (χ4n) is 4.56. The van der Waals surface area contributed by atoms with Crippen LogP contribution in [0, 0.1) is 13.8 Å². The van der Waals surface area contributed by atoms with Gasteiger partial charge in [-0.3, -0.25) is 0 Å². The van der Waals surface area contributed by atoms with E-state index in [4.69, 9.17) is 4.63 Å².